The van der Waals surface area contributed by atoms with E-state index < -0.39 is 0 Å². The molecule has 0 atom stereocenters. The summed E-state index contributed by atoms with van der Waals surface area (Å²) < 4.78 is 5.11. The van der Waals surface area contributed by atoms with E-state index >= 15 is 0 Å². The van der Waals surface area contributed by atoms with Crippen LogP contribution in [0.25, 0.3) is 0 Å². The molecule has 14 heavy (non-hydrogen) atoms. The Labute approximate surface area is 84.3 Å². The minimum absolute atomic E-state index is 0.349. The molecule has 5 nitrogen and oxygen atoms in total. The van der Waals surface area contributed by atoms with Gasteiger partial charge in [-0.15, -0.1) is 0 Å². The van der Waals surface area contributed by atoms with Crippen LogP contribution in [0.1, 0.15) is 26.1 Å². The summed E-state index contributed by atoms with van der Waals surface area (Å²) in [5, 5.41) is 3.77. The highest BCUT2D eigenvalue weighted by Crippen LogP contribution is 2.13. The van der Waals surface area contributed by atoms with Crippen LogP contribution in [-0.4, -0.2) is 29.3 Å². The molecule has 1 rings (SSSR count). The Morgan fingerprint density at radius 1 is 1.50 bits per heavy atom. The van der Waals surface area contributed by atoms with Gasteiger partial charge in [0.2, 0.25) is 0 Å². The minimum atomic E-state index is 0.349. The second kappa shape index (κ2) is 4.95. The standard InChI is InChI=1S/C9H18N4O/c1-7(2)13(6-4-5-10)9-11-8(3)12-14-9/h7H,4-6,10H2,1-3H3. The number of hydrogen-bond acceptors (Lipinski definition) is 5. The molecule has 1 aromatic rings. The monoisotopic (exact) mass is 198 g/mol. The van der Waals surface area contributed by atoms with E-state index in [2.05, 4.69) is 28.9 Å². The maximum absolute atomic E-state index is 5.47. The average Bonchev–Trinajstić information content (AvgIpc) is 2.52. The van der Waals surface area contributed by atoms with Crippen LogP contribution in [-0.2, 0) is 0 Å². The summed E-state index contributed by atoms with van der Waals surface area (Å²) in [6, 6.07) is 0.937. The molecule has 2 N–H and O–H groups in total. The van der Waals surface area contributed by atoms with Crippen molar-refractivity contribution in [3.05, 3.63) is 5.82 Å². The van der Waals surface area contributed by atoms with E-state index in [1.807, 2.05) is 6.92 Å². The molecule has 0 radical (unpaired) electrons. The van der Waals surface area contributed by atoms with Crippen molar-refractivity contribution in [2.24, 2.45) is 5.73 Å². The van der Waals surface area contributed by atoms with Crippen molar-refractivity contribution in [2.45, 2.75) is 33.2 Å². The number of rotatable bonds is 5. The zero-order valence-electron chi connectivity index (χ0n) is 9.03. The first-order chi connectivity index (χ1) is 6.65. The number of aryl methyl sites for hydroxylation is 1. The van der Waals surface area contributed by atoms with E-state index in [1.165, 1.54) is 0 Å². The molecule has 1 aromatic heterocycles. The molecule has 0 aliphatic rings. The third kappa shape index (κ3) is 2.70. The van der Waals surface area contributed by atoms with Gasteiger partial charge >= 0.3 is 6.01 Å². The smallest absolute Gasteiger partial charge is 0.324 e. The molecule has 0 aromatic carbocycles. The normalized spacial score (nSPS) is 10.9. The maximum Gasteiger partial charge on any atom is 0.324 e. The molecule has 0 fully saturated rings. The first-order valence-corrected chi connectivity index (χ1v) is 4.92. The fourth-order valence-electron chi connectivity index (χ4n) is 1.24. The van der Waals surface area contributed by atoms with Gasteiger partial charge in [-0.2, -0.15) is 4.98 Å². The van der Waals surface area contributed by atoms with Gasteiger partial charge in [0.15, 0.2) is 5.82 Å². The molecule has 0 spiro atoms. The van der Waals surface area contributed by atoms with Crippen LogP contribution < -0.4 is 10.6 Å². The van der Waals surface area contributed by atoms with E-state index in [4.69, 9.17) is 10.3 Å². The Morgan fingerprint density at radius 2 is 2.21 bits per heavy atom. The van der Waals surface area contributed by atoms with E-state index in [0.717, 1.165) is 13.0 Å². The topological polar surface area (TPSA) is 68.2 Å². The lowest BCUT2D eigenvalue weighted by molar-refractivity contribution is 0.400. The fraction of sp³-hybridized carbons (Fsp3) is 0.778. The summed E-state index contributed by atoms with van der Waals surface area (Å²) in [6.07, 6.45) is 0.930. The van der Waals surface area contributed by atoms with E-state index in [-0.39, 0.29) is 0 Å². The van der Waals surface area contributed by atoms with Crippen molar-refractivity contribution >= 4 is 6.01 Å². The lowest BCUT2D eigenvalue weighted by atomic mass is 10.3. The van der Waals surface area contributed by atoms with E-state index in [0.29, 0.717) is 24.4 Å². The highest BCUT2D eigenvalue weighted by molar-refractivity contribution is 5.25. The van der Waals surface area contributed by atoms with Gasteiger partial charge in [0.25, 0.3) is 0 Å². The lowest BCUT2D eigenvalue weighted by Crippen LogP contribution is -2.33. The zero-order chi connectivity index (χ0) is 10.6. The van der Waals surface area contributed by atoms with Crippen molar-refractivity contribution in [3.63, 3.8) is 0 Å². The fourth-order valence-corrected chi connectivity index (χ4v) is 1.24. The molecule has 0 amide bonds. The molecule has 5 heteroatoms. The van der Waals surface area contributed by atoms with Crippen molar-refractivity contribution < 1.29 is 4.52 Å². The molecule has 0 saturated carbocycles. The van der Waals surface area contributed by atoms with Crippen molar-refractivity contribution in [1.82, 2.24) is 10.1 Å². The number of nitrogens with zero attached hydrogens (tertiary/aromatic N) is 3. The Kier molecular flexibility index (Phi) is 3.88. The summed E-state index contributed by atoms with van der Waals surface area (Å²) in [7, 11) is 0. The maximum atomic E-state index is 5.47. The molecule has 0 aliphatic carbocycles. The number of anilines is 1. The largest absolute Gasteiger partial charge is 0.330 e. The number of aromatic nitrogens is 2. The minimum Gasteiger partial charge on any atom is -0.330 e. The van der Waals surface area contributed by atoms with Crippen LogP contribution in [0.5, 0.6) is 0 Å². The second-order valence-electron chi connectivity index (χ2n) is 3.55. The van der Waals surface area contributed by atoms with E-state index in [1.54, 1.807) is 0 Å². The zero-order valence-corrected chi connectivity index (χ0v) is 9.03. The molecule has 1 heterocycles. The predicted octanol–water partition coefficient (Wildman–Crippen LogP) is 0.942. The van der Waals surface area contributed by atoms with Crippen LogP contribution in [0.2, 0.25) is 0 Å². The Balaban J connectivity index is 2.67. The number of nitrogens with two attached hydrogens (primary N) is 1. The van der Waals surface area contributed by atoms with Crippen molar-refractivity contribution in [3.8, 4) is 0 Å². The summed E-state index contributed by atoms with van der Waals surface area (Å²) in [6.45, 7) is 7.53. The van der Waals surface area contributed by atoms with Crippen LogP contribution in [0, 0.1) is 6.92 Å². The van der Waals surface area contributed by atoms with E-state index in [9.17, 15) is 0 Å². The second-order valence-corrected chi connectivity index (χ2v) is 3.55. The SMILES string of the molecule is Cc1noc(N(CCCN)C(C)C)n1. The highest BCUT2D eigenvalue weighted by atomic mass is 16.5. The Bertz CT molecular complexity index is 272. The van der Waals surface area contributed by atoms with Gasteiger partial charge in [-0.25, -0.2) is 0 Å². The van der Waals surface area contributed by atoms with Crippen molar-refractivity contribution in [1.29, 1.82) is 0 Å². The lowest BCUT2D eigenvalue weighted by Gasteiger charge is -2.23. The molecule has 0 bridgehead atoms. The van der Waals surface area contributed by atoms with Crippen LogP contribution >= 0.6 is 0 Å². The predicted molar refractivity (Wildman–Crippen MR) is 55.2 cm³/mol. The van der Waals surface area contributed by atoms with Gasteiger partial charge < -0.3 is 15.2 Å². The average molecular weight is 198 g/mol. The molecule has 0 saturated heterocycles. The first-order valence-electron chi connectivity index (χ1n) is 4.92. The summed E-state index contributed by atoms with van der Waals surface area (Å²) in [5.41, 5.74) is 5.47. The van der Waals surface area contributed by atoms with Crippen molar-refractivity contribution in [2.75, 3.05) is 18.0 Å². The van der Waals surface area contributed by atoms with Gasteiger partial charge in [-0.1, -0.05) is 5.16 Å². The summed E-state index contributed by atoms with van der Waals surface area (Å²) >= 11 is 0. The van der Waals surface area contributed by atoms with Gasteiger partial charge in [-0.05, 0) is 33.7 Å². The van der Waals surface area contributed by atoms with Crippen LogP contribution in [0.4, 0.5) is 6.01 Å². The van der Waals surface area contributed by atoms with Gasteiger partial charge in [0, 0.05) is 12.6 Å². The van der Waals surface area contributed by atoms with Gasteiger partial charge in [-0.3, -0.25) is 0 Å². The summed E-state index contributed by atoms with van der Waals surface area (Å²) in [5.74, 6) is 0.665. The highest BCUT2D eigenvalue weighted by Gasteiger charge is 2.15. The van der Waals surface area contributed by atoms with Crippen LogP contribution in [0.3, 0.4) is 0 Å². The summed E-state index contributed by atoms with van der Waals surface area (Å²) in [4.78, 5) is 6.25. The molecular weight excluding hydrogens is 180 g/mol. The van der Waals surface area contributed by atoms with Gasteiger partial charge in [0.1, 0.15) is 0 Å². The van der Waals surface area contributed by atoms with Crippen LogP contribution in [0.15, 0.2) is 4.52 Å². The molecular formula is C9H18N4O. The quantitative estimate of drug-likeness (QED) is 0.762. The Hall–Kier alpha value is -1.10. The third-order valence-electron chi connectivity index (χ3n) is 1.99. The molecule has 0 unspecified atom stereocenters. The first kappa shape index (κ1) is 11.0. The Morgan fingerprint density at radius 3 is 2.64 bits per heavy atom. The third-order valence-corrected chi connectivity index (χ3v) is 1.99. The van der Waals surface area contributed by atoms with Gasteiger partial charge in [0.05, 0.1) is 0 Å². The molecule has 80 valence electrons. The molecule has 0 aliphatic heterocycles. The number of hydrogen-bond donors (Lipinski definition) is 1.